The van der Waals surface area contributed by atoms with Crippen LogP contribution in [0, 0.1) is 0 Å². The largest absolute Gasteiger partial charge is 1.00 e. The molecule has 0 aliphatic carbocycles. The topological polar surface area (TPSA) is 130 Å². The van der Waals surface area contributed by atoms with Gasteiger partial charge >= 0.3 is 35.7 Å². The van der Waals surface area contributed by atoms with Crippen LogP contribution in [0.5, 0.6) is 0 Å². The molecule has 0 saturated carbocycles. The van der Waals surface area contributed by atoms with Crippen molar-refractivity contribution < 1.29 is 59.6 Å². The van der Waals surface area contributed by atoms with E-state index in [1.54, 1.807) is 0 Å². The minimum Gasteiger partial charge on any atom is -0.565 e. The number of rotatable bonds is 0. The Kier molecular flexibility index (Phi) is 42.1. The van der Waals surface area contributed by atoms with Crippen LogP contribution in [-0.2, 0) is 0 Å². The first kappa shape index (κ1) is 22.5. The Morgan fingerprint density at radius 2 is 1.17 bits per heavy atom. The molecule has 0 aromatic heterocycles. The summed E-state index contributed by atoms with van der Waals surface area (Å²) in [5.74, 6) is 0. The smallest absolute Gasteiger partial charge is 0.565 e. The van der Waals surface area contributed by atoms with Crippen molar-refractivity contribution in [2.45, 2.75) is 0 Å². The quantitative estimate of drug-likeness (QED) is 0.286. The number of hydrogen-bond donors (Lipinski definition) is 4. The molecular weight excluding hydrogens is 181 g/mol. The molecule has 0 aromatic carbocycles. The molecule has 0 heterocycles. The van der Waals surface area contributed by atoms with E-state index in [1.807, 2.05) is 14.1 Å². The molecule has 0 bridgehead atoms. The minimum absolute atomic E-state index is 0. The van der Waals surface area contributed by atoms with Crippen molar-refractivity contribution in [3.8, 4) is 0 Å². The van der Waals surface area contributed by atoms with Crippen LogP contribution >= 0.6 is 0 Å². The average molecular weight is 191 g/mol. The summed E-state index contributed by atoms with van der Waals surface area (Å²) in [5.41, 5.74) is 0. The molecule has 0 amide bonds. The Hall–Kier alpha value is -0.500. The second-order valence-electron chi connectivity index (χ2n) is 1.05. The van der Waals surface area contributed by atoms with Gasteiger partial charge in [0.2, 0.25) is 6.16 Å². The van der Waals surface area contributed by atoms with Gasteiger partial charge in [0, 0.05) is 0 Å². The third kappa shape index (κ3) is 2750. The van der Waals surface area contributed by atoms with Crippen LogP contribution in [0.15, 0.2) is 0 Å². The molecule has 0 aromatic rings. The van der Waals surface area contributed by atoms with E-state index in [0.717, 1.165) is 0 Å². The molecule has 0 aliphatic rings. The summed E-state index contributed by atoms with van der Waals surface area (Å²) in [6, 6.07) is 0. The van der Waals surface area contributed by atoms with Gasteiger partial charge in [0.1, 0.15) is 0 Å². The van der Waals surface area contributed by atoms with Crippen molar-refractivity contribution in [2.75, 3.05) is 14.1 Å². The molecule has 7 nitrogen and oxygen atoms in total. The normalized spacial score (nSPS) is 5.50. The Labute approximate surface area is 91.3 Å². The molecule has 4 N–H and O–H groups in total. The van der Waals surface area contributed by atoms with Gasteiger partial charge in [-0.1, -0.05) is 0 Å². The van der Waals surface area contributed by atoms with Crippen LogP contribution in [0.25, 0.3) is 0 Å². The van der Waals surface area contributed by atoms with E-state index in [0.29, 0.717) is 0 Å². The minimum atomic E-state index is -2.08. The SMILES string of the molecule is CNC.O=C(O)O.O=C([O-])O.[Na+]. The molecule has 8 heteroatoms. The zero-order valence-corrected chi connectivity index (χ0v) is 9.07. The molecule has 0 aliphatic heterocycles. The van der Waals surface area contributed by atoms with Crippen LogP contribution in [0.2, 0.25) is 0 Å². The third-order valence-corrected chi connectivity index (χ3v) is 0. The first-order chi connectivity index (χ1) is 4.88. The second-order valence-corrected chi connectivity index (χ2v) is 1.05. The Bertz CT molecular complexity index is 87.7. The summed E-state index contributed by atoms with van der Waals surface area (Å²) < 4.78 is 0. The van der Waals surface area contributed by atoms with Crippen LogP contribution in [-0.4, -0.2) is 41.7 Å². The van der Waals surface area contributed by atoms with Gasteiger partial charge in [-0.2, -0.15) is 0 Å². The zero-order valence-electron chi connectivity index (χ0n) is 7.07. The fraction of sp³-hybridized carbons (Fsp3) is 0.500. The van der Waals surface area contributed by atoms with Gasteiger partial charge in [0.25, 0.3) is 0 Å². The molecule has 0 spiro atoms. The van der Waals surface area contributed by atoms with Gasteiger partial charge in [-0.05, 0) is 14.1 Å². The molecule has 0 unspecified atom stereocenters. The first-order valence-electron chi connectivity index (χ1n) is 2.28. The summed E-state index contributed by atoms with van der Waals surface area (Å²) in [5, 5.41) is 32.0. The standard InChI is InChI=1S/C2H7N.2CH2O3.Na/c1-3-2;2*2-1(3)4;/h3H,1-2H3;2*(H2,2,3,4);/q;;;+1/p-1. The number of nitrogens with one attached hydrogen (secondary N) is 1. The van der Waals surface area contributed by atoms with Gasteiger partial charge in [0.15, 0.2) is 0 Å². The van der Waals surface area contributed by atoms with Crippen LogP contribution in [0.1, 0.15) is 0 Å². The fourth-order valence-corrected chi connectivity index (χ4v) is 0. The Morgan fingerprint density at radius 3 is 1.17 bits per heavy atom. The number of hydrogen-bond acceptors (Lipinski definition) is 4. The molecular formula is C4H10NNaO6. The van der Waals surface area contributed by atoms with E-state index in [9.17, 15) is 0 Å². The maximum absolute atomic E-state index is 8.56. The van der Waals surface area contributed by atoms with Crippen LogP contribution in [0.4, 0.5) is 9.59 Å². The molecule has 0 atom stereocenters. The predicted molar refractivity (Wildman–Crippen MR) is 33.7 cm³/mol. The number of carbonyl (C=O) groups is 2. The van der Waals surface area contributed by atoms with Crippen molar-refractivity contribution in [3.05, 3.63) is 0 Å². The van der Waals surface area contributed by atoms with Crippen LogP contribution < -0.4 is 40.0 Å². The van der Waals surface area contributed by atoms with E-state index in [-0.39, 0.29) is 29.6 Å². The van der Waals surface area contributed by atoms with Gasteiger partial charge in [-0.3, -0.25) is 0 Å². The van der Waals surface area contributed by atoms with Gasteiger partial charge < -0.3 is 30.5 Å². The van der Waals surface area contributed by atoms with Crippen molar-refractivity contribution >= 4 is 12.3 Å². The van der Waals surface area contributed by atoms with Crippen molar-refractivity contribution in [3.63, 3.8) is 0 Å². The fourth-order valence-electron chi connectivity index (χ4n) is 0. The third-order valence-electron chi connectivity index (χ3n) is 0. The summed E-state index contributed by atoms with van der Waals surface area (Å²) in [4.78, 5) is 17.0. The Balaban J connectivity index is -0.0000000389. The van der Waals surface area contributed by atoms with Crippen molar-refractivity contribution in [1.82, 2.24) is 5.32 Å². The monoisotopic (exact) mass is 191 g/mol. The summed E-state index contributed by atoms with van der Waals surface area (Å²) in [6.45, 7) is 0. The van der Waals surface area contributed by atoms with Crippen molar-refractivity contribution in [2.24, 2.45) is 0 Å². The van der Waals surface area contributed by atoms with E-state index < -0.39 is 12.3 Å². The average Bonchev–Trinajstić information content (AvgIpc) is 1.60. The Morgan fingerprint density at radius 1 is 1.17 bits per heavy atom. The maximum atomic E-state index is 8.56. The van der Waals surface area contributed by atoms with E-state index in [1.165, 1.54) is 0 Å². The summed E-state index contributed by atoms with van der Waals surface area (Å²) >= 11 is 0. The predicted octanol–water partition coefficient (Wildman–Crippen LogP) is -4.05. The maximum Gasteiger partial charge on any atom is 1.00 e. The zero-order chi connectivity index (χ0) is 9.86. The molecule has 68 valence electrons. The van der Waals surface area contributed by atoms with Gasteiger partial charge in [0.05, 0.1) is 0 Å². The molecule has 0 saturated heterocycles. The van der Waals surface area contributed by atoms with E-state index >= 15 is 0 Å². The van der Waals surface area contributed by atoms with Crippen LogP contribution in [0.3, 0.4) is 0 Å². The van der Waals surface area contributed by atoms with Gasteiger partial charge in [-0.15, -0.1) is 0 Å². The molecule has 0 fully saturated rings. The molecule has 12 heavy (non-hydrogen) atoms. The summed E-state index contributed by atoms with van der Waals surface area (Å²) in [7, 11) is 3.75. The van der Waals surface area contributed by atoms with E-state index in [2.05, 4.69) is 5.32 Å². The second kappa shape index (κ2) is 22.4. The number of carboxylic acid groups (broad SMARTS) is 4. The molecule has 0 radical (unpaired) electrons. The van der Waals surface area contributed by atoms with E-state index in [4.69, 9.17) is 30.0 Å². The van der Waals surface area contributed by atoms with Crippen molar-refractivity contribution in [1.29, 1.82) is 0 Å². The molecule has 0 rings (SSSR count). The summed E-state index contributed by atoms with van der Waals surface area (Å²) in [6.07, 6.45) is -3.92. The first-order valence-corrected chi connectivity index (χ1v) is 2.28. The van der Waals surface area contributed by atoms with Gasteiger partial charge in [-0.25, -0.2) is 4.79 Å².